The van der Waals surface area contributed by atoms with E-state index in [-0.39, 0.29) is 11.9 Å². The molecule has 2 aromatic heterocycles. The summed E-state index contributed by atoms with van der Waals surface area (Å²) in [6.45, 7) is 5.71. The highest BCUT2D eigenvalue weighted by molar-refractivity contribution is 5.31. The summed E-state index contributed by atoms with van der Waals surface area (Å²) in [7, 11) is 0. The van der Waals surface area contributed by atoms with Gasteiger partial charge in [0.1, 0.15) is 17.3 Å². The molecule has 9 heteroatoms. The zero-order chi connectivity index (χ0) is 17.3. The quantitative estimate of drug-likeness (QED) is 0.860. The van der Waals surface area contributed by atoms with Crippen LogP contribution < -0.4 is 4.90 Å². The van der Waals surface area contributed by atoms with Gasteiger partial charge in [0, 0.05) is 25.8 Å². The summed E-state index contributed by atoms with van der Waals surface area (Å²) < 4.78 is 40.3. The number of alkyl halides is 3. The molecule has 0 saturated carbocycles. The highest BCUT2D eigenvalue weighted by atomic mass is 19.4. The lowest BCUT2D eigenvalue weighted by Gasteiger charge is -2.33. The zero-order valence-corrected chi connectivity index (χ0v) is 13.6. The monoisotopic (exact) mass is 340 g/mol. The first-order chi connectivity index (χ1) is 11.3. The molecule has 1 aliphatic rings. The molecule has 0 amide bonds. The van der Waals surface area contributed by atoms with Crippen molar-refractivity contribution in [2.75, 3.05) is 18.0 Å². The van der Waals surface area contributed by atoms with Gasteiger partial charge in [0.05, 0.1) is 0 Å². The van der Waals surface area contributed by atoms with E-state index in [2.05, 4.69) is 20.1 Å². The molecule has 130 valence electrons. The SMILES string of the molecule is Cc1nc(C)n(C[C@@H]2CCCN(c3nccc(C(F)(F)F)n3)C2)n1. The van der Waals surface area contributed by atoms with Gasteiger partial charge in [-0.3, -0.25) is 0 Å². The third-order valence-corrected chi connectivity index (χ3v) is 4.13. The topological polar surface area (TPSA) is 59.7 Å². The highest BCUT2D eigenvalue weighted by Gasteiger charge is 2.33. The second kappa shape index (κ2) is 6.37. The molecular weight excluding hydrogens is 321 g/mol. The molecule has 1 aliphatic heterocycles. The van der Waals surface area contributed by atoms with Gasteiger partial charge in [0.25, 0.3) is 0 Å². The number of aryl methyl sites for hydroxylation is 2. The molecule has 0 N–H and O–H groups in total. The van der Waals surface area contributed by atoms with Gasteiger partial charge in [0.2, 0.25) is 5.95 Å². The fraction of sp³-hybridized carbons (Fsp3) is 0.600. The van der Waals surface area contributed by atoms with Crippen molar-refractivity contribution in [3.05, 3.63) is 29.6 Å². The fourth-order valence-electron chi connectivity index (χ4n) is 3.03. The third-order valence-electron chi connectivity index (χ3n) is 4.13. The van der Waals surface area contributed by atoms with Crippen LogP contribution in [-0.4, -0.2) is 37.8 Å². The van der Waals surface area contributed by atoms with Gasteiger partial charge in [-0.15, -0.1) is 0 Å². The largest absolute Gasteiger partial charge is 0.433 e. The summed E-state index contributed by atoms with van der Waals surface area (Å²) in [5.41, 5.74) is -0.905. The van der Waals surface area contributed by atoms with Crippen molar-refractivity contribution in [3.8, 4) is 0 Å². The summed E-state index contributed by atoms with van der Waals surface area (Å²) in [5.74, 6) is 1.99. The van der Waals surface area contributed by atoms with Gasteiger partial charge in [-0.2, -0.15) is 18.3 Å². The maximum Gasteiger partial charge on any atom is 0.433 e. The molecule has 0 aliphatic carbocycles. The van der Waals surface area contributed by atoms with E-state index < -0.39 is 11.9 Å². The van der Waals surface area contributed by atoms with E-state index >= 15 is 0 Å². The zero-order valence-electron chi connectivity index (χ0n) is 13.6. The normalized spacial score (nSPS) is 18.9. The number of rotatable bonds is 3. The van der Waals surface area contributed by atoms with Crippen LogP contribution in [0.25, 0.3) is 0 Å². The number of halogens is 3. The number of aromatic nitrogens is 5. The summed E-state index contributed by atoms with van der Waals surface area (Å²) in [6.07, 6.45) is -1.41. The van der Waals surface area contributed by atoms with Crippen LogP contribution in [0.2, 0.25) is 0 Å². The van der Waals surface area contributed by atoms with E-state index in [1.165, 1.54) is 6.20 Å². The van der Waals surface area contributed by atoms with E-state index in [1.807, 2.05) is 23.4 Å². The lowest BCUT2D eigenvalue weighted by molar-refractivity contribution is -0.141. The number of piperidine rings is 1. The van der Waals surface area contributed by atoms with E-state index in [0.29, 0.717) is 19.6 Å². The Morgan fingerprint density at radius 3 is 2.71 bits per heavy atom. The van der Waals surface area contributed by atoms with Crippen molar-refractivity contribution in [3.63, 3.8) is 0 Å². The maximum absolute atomic E-state index is 12.8. The third kappa shape index (κ3) is 3.65. The average molecular weight is 340 g/mol. The Morgan fingerprint density at radius 2 is 2.04 bits per heavy atom. The lowest BCUT2D eigenvalue weighted by atomic mass is 9.98. The Balaban J connectivity index is 1.73. The fourth-order valence-corrected chi connectivity index (χ4v) is 3.03. The minimum absolute atomic E-state index is 0.140. The Bertz CT molecular complexity index is 711. The molecule has 0 unspecified atom stereocenters. The predicted molar refractivity (Wildman–Crippen MR) is 81.5 cm³/mol. The first kappa shape index (κ1) is 16.7. The van der Waals surface area contributed by atoms with Gasteiger partial charge in [0.15, 0.2) is 0 Å². The Kier molecular flexibility index (Phi) is 4.42. The number of hydrogen-bond donors (Lipinski definition) is 0. The van der Waals surface area contributed by atoms with E-state index in [1.54, 1.807) is 0 Å². The van der Waals surface area contributed by atoms with Gasteiger partial charge < -0.3 is 4.90 Å². The first-order valence-electron chi connectivity index (χ1n) is 7.86. The van der Waals surface area contributed by atoms with Crippen LogP contribution >= 0.6 is 0 Å². The summed E-state index contributed by atoms with van der Waals surface area (Å²) >= 11 is 0. The molecule has 1 atom stereocenters. The molecule has 0 radical (unpaired) electrons. The van der Waals surface area contributed by atoms with Crippen molar-refractivity contribution in [1.82, 2.24) is 24.7 Å². The minimum atomic E-state index is -4.46. The van der Waals surface area contributed by atoms with Crippen molar-refractivity contribution < 1.29 is 13.2 Å². The average Bonchev–Trinajstić information content (AvgIpc) is 2.84. The Hall–Kier alpha value is -2.19. The number of hydrogen-bond acceptors (Lipinski definition) is 5. The van der Waals surface area contributed by atoms with Crippen molar-refractivity contribution in [2.24, 2.45) is 5.92 Å². The smallest absolute Gasteiger partial charge is 0.340 e. The summed E-state index contributed by atoms with van der Waals surface area (Å²) in [6, 6.07) is 0.895. The van der Waals surface area contributed by atoms with Crippen molar-refractivity contribution in [2.45, 2.75) is 39.4 Å². The Labute approximate surface area is 137 Å². The molecule has 3 heterocycles. The van der Waals surface area contributed by atoms with Crippen LogP contribution in [0.15, 0.2) is 12.3 Å². The summed E-state index contributed by atoms with van der Waals surface area (Å²) in [4.78, 5) is 13.8. The van der Waals surface area contributed by atoms with E-state index in [0.717, 1.165) is 30.6 Å². The molecule has 24 heavy (non-hydrogen) atoms. The Morgan fingerprint density at radius 1 is 1.25 bits per heavy atom. The summed E-state index contributed by atoms with van der Waals surface area (Å²) in [5, 5.41) is 4.36. The minimum Gasteiger partial charge on any atom is -0.340 e. The predicted octanol–water partition coefficient (Wildman–Crippen LogP) is 2.62. The molecule has 0 spiro atoms. The second-order valence-electron chi connectivity index (χ2n) is 6.08. The standard InChI is InChI=1S/C15H19F3N6/c1-10-20-11(2)24(22-10)9-12-4-3-7-23(8-12)14-19-6-5-13(21-14)15(16,17)18/h5-6,12H,3-4,7-9H2,1-2H3/t12-/m1/s1. The molecule has 0 bridgehead atoms. The van der Waals surface area contributed by atoms with Gasteiger partial charge in [-0.1, -0.05) is 0 Å². The second-order valence-corrected chi connectivity index (χ2v) is 6.08. The molecule has 0 aromatic carbocycles. The van der Waals surface area contributed by atoms with Crippen LogP contribution in [-0.2, 0) is 12.7 Å². The maximum atomic E-state index is 12.8. The molecule has 3 rings (SSSR count). The molecule has 6 nitrogen and oxygen atoms in total. The van der Waals surface area contributed by atoms with Crippen molar-refractivity contribution in [1.29, 1.82) is 0 Å². The van der Waals surface area contributed by atoms with Crippen LogP contribution in [0.1, 0.15) is 30.2 Å². The van der Waals surface area contributed by atoms with E-state index in [4.69, 9.17) is 0 Å². The van der Waals surface area contributed by atoms with E-state index in [9.17, 15) is 13.2 Å². The van der Waals surface area contributed by atoms with Crippen LogP contribution in [0, 0.1) is 19.8 Å². The lowest BCUT2D eigenvalue weighted by Crippen LogP contribution is -2.38. The number of anilines is 1. The van der Waals surface area contributed by atoms with Crippen LogP contribution in [0.3, 0.4) is 0 Å². The van der Waals surface area contributed by atoms with Gasteiger partial charge >= 0.3 is 6.18 Å². The molecule has 1 fully saturated rings. The first-order valence-corrected chi connectivity index (χ1v) is 7.86. The van der Waals surface area contributed by atoms with Gasteiger partial charge in [-0.05, 0) is 38.7 Å². The molecule has 2 aromatic rings. The number of nitrogens with zero attached hydrogens (tertiary/aromatic N) is 6. The molecule has 1 saturated heterocycles. The highest BCUT2D eigenvalue weighted by Crippen LogP contribution is 2.29. The van der Waals surface area contributed by atoms with Crippen LogP contribution in [0.5, 0.6) is 0 Å². The van der Waals surface area contributed by atoms with Crippen molar-refractivity contribution >= 4 is 5.95 Å². The van der Waals surface area contributed by atoms with Crippen LogP contribution in [0.4, 0.5) is 19.1 Å². The molecular formula is C15H19F3N6. The van der Waals surface area contributed by atoms with Gasteiger partial charge in [-0.25, -0.2) is 19.6 Å².